The van der Waals surface area contributed by atoms with E-state index in [2.05, 4.69) is 41.8 Å². The Balaban J connectivity index is 1.47. The number of nitrogens with two attached hydrogens (primary N) is 2. The molecule has 3 aromatic carbocycles. The van der Waals surface area contributed by atoms with Crippen molar-refractivity contribution in [3.63, 3.8) is 0 Å². The van der Waals surface area contributed by atoms with Crippen molar-refractivity contribution in [1.82, 2.24) is 0 Å². The van der Waals surface area contributed by atoms with E-state index >= 15 is 0 Å². The van der Waals surface area contributed by atoms with Crippen molar-refractivity contribution >= 4 is 29.3 Å². The molecule has 1 unspecified atom stereocenters. The van der Waals surface area contributed by atoms with Crippen LogP contribution in [0.2, 0.25) is 0 Å². The zero-order valence-electron chi connectivity index (χ0n) is 24.8. The molecule has 0 fully saturated rings. The van der Waals surface area contributed by atoms with Gasteiger partial charge in [0.1, 0.15) is 13.2 Å². The molecule has 0 spiro atoms. The largest absolute Gasteiger partial charge is 0.461 e. The molecule has 0 heterocycles. The fraction of sp³-hybridized carbons (Fsp3) is 0.382. The summed E-state index contributed by atoms with van der Waals surface area (Å²) in [5.74, 6) is -0.806. The van der Waals surface area contributed by atoms with Gasteiger partial charge in [0.05, 0.1) is 11.7 Å². The van der Waals surface area contributed by atoms with E-state index in [1.165, 1.54) is 0 Å². The zero-order valence-corrected chi connectivity index (χ0v) is 24.8. The van der Waals surface area contributed by atoms with Gasteiger partial charge in [-0.15, -0.1) is 0 Å². The van der Waals surface area contributed by atoms with Crippen LogP contribution in [0.4, 0.5) is 16.2 Å². The Kier molecular flexibility index (Phi) is 11.7. The average Bonchev–Trinajstić information content (AvgIpc) is 3.33. The van der Waals surface area contributed by atoms with E-state index in [9.17, 15) is 14.4 Å². The van der Waals surface area contributed by atoms with Crippen molar-refractivity contribution in [3.8, 4) is 11.1 Å². The molecule has 228 valence electrons. The van der Waals surface area contributed by atoms with Crippen LogP contribution in [0.25, 0.3) is 11.1 Å². The Bertz CT molecular complexity index is 1360. The summed E-state index contributed by atoms with van der Waals surface area (Å²) < 4.78 is 11.3. The highest BCUT2D eigenvalue weighted by atomic mass is 16.5. The first kappa shape index (κ1) is 31.7. The van der Waals surface area contributed by atoms with E-state index < -0.39 is 12.1 Å². The molecular formula is C34H42N4O5. The van der Waals surface area contributed by atoms with Crippen LogP contribution < -0.4 is 22.1 Å². The fourth-order valence-corrected chi connectivity index (χ4v) is 5.33. The highest BCUT2D eigenvalue weighted by Gasteiger charge is 2.29. The number of esters is 1. The Morgan fingerprint density at radius 2 is 1.47 bits per heavy atom. The molecule has 0 saturated heterocycles. The topological polar surface area (TPSA) is 146 Å². The lowest BCUT2D eigenvalue weighted by atomic mass is 9.98. The minimum atomic E-state index is -0.727. The van der Waals surface area contributed by atoms with Gasteiger partial charge in [0.2, 0.25) is 5.91 Å². The Hall–Kier alpha value is -4.21. The van der Waals surface area contributed by atoms with Crippen molar-refractivity contribution in [3.05, 3.63) is 83.4 Å². The second kappa shape index (κ2) is 15.9. The standard InChI is InChI=1S/C34H42N4O5/c1-2-3-4-19-32(39)42-22-28-30(37-33(40)29(36)16-9-10-20-35)17-11-18-31(28)38-34(41)43-21-27-25-14-7-5-12-23(25)24-13-6-8-15-26(24)27/h5-8,11-15,17-18,27,29H,2-4,9-10,16,19-22,35-36H2,1H3,(H,37,40)(H,38,41). The second-order valence-corrected chi connectivity index (χ2v) is 10.8. The molecule has 4 rings (SSSR count). The zero-order chi connectivity index (χ0) is 30.6. The number of carbonyl (C=O) groups is 3. The predicted molar refractivity (Wildman–Crippen MR) is 169 cm³/mol. The summed E-state index contributed by atoms with van der Waals surface area (Å²) in [6.45, 7) is 2.61. The molecule has 1 atom stereocenters. The molecule has 0 aliphatic heterocycles. The summed E-state index contributed by atoms with van der Waals surface area (Å²) in [4.78, 5) is 38.4. The third-order valence-corrected chi connectivity index (χ3v) is 7.68. The van der Waals surface area contributed by atoms with Gasteiger partial charge in [0.15, 0.2) is 0 Å². The first-order valence-corrected chi connectivity index (χ1v) is 15.1. The molecule has 1 aliphatic carbocycles. The van der Waals surface area contributed by atoms with Crippen molar-refractivity contribution in [1.29, 1.82) is 0 Å². The van der Waals surface area contributed by atoms with Gasteiger partial charge in [-0.1, -0.05) is 80.8 Å². The van der Waals surface area contributed by atoms with Crippen molar-refractivity contribution < 1.29 is 23.9 Å². The van der Waals surface area contributed by atoms with Crippen LogP contribution in [-0.2, 0) is 25.7 Å². The van der Waals surface area contributed by atoms with Gasteiger partial charge in [-0.25, -0.2) is 4.79 Å². The molecule has 43 heavy (non-hydrogen) atoms. The minimum Gasteiger partial charge on any atom is -0.461 e. The second-order valence-electron chi connectivity index (χ2n) is 10.8. The number of nitrogens with one attached hydrogen (secondary N) is 2. The van der Waals surface area contributed by atoms with Gasteiger partial charge >= 0.3 is 12.1 Å². The van der Waals surface area contributed by atoms with Crippen LogP contribution in [0.5, 0.6) is 0 Å². The minimum absolute atomic E-state index is 0.0897. The maximum Gasteiger partial charge on any atom is 0.411 e. The number of unbranched alkanes of at least 4 members (excludes halogenated alkanes) is 3. The number of ether oxygens (including phenoxy) is 2. The van der Waals surface area contributed by atoms with Crippen LogP contribution in [0.3, 0.4) is 0 Å². The first-order chi connectivity index (χ1) is 20.9. The lowest BCUT2D eigenvalue weighted by molar-refractivity contribution is -0.145. The molecule has 0 saturated carbocycles. The van der Waals surface area contributed by atoms with E-state index in [0.29, 0.717) is 36.3 Å². The van der Waals surface area contributed by atoms with Crippen LogP contribution in [0.15, 0.2) is 66.7 Å². The van der Waals surface area contributed by atoms with Crippen LogP contribution in [0, 0.1) is 0 Å². The average molecular weight is 587 g/mol. The van der Waals surface area contributed by atoms with Crippen molar-refractivity contribution in [2.75, 3.05) is 23.8 Å². The SMILES string of the molecule is CCCCCC(=O)OCc1c(NC(=O)OCC2c3ccccc3-c3ccccc32)cccc1NC(=O)C(N)CCCCN. The summed E-state index contributed by atoms with van der Waals surface area (Å²) in [6.07, 6.45) is 4.29. The van der Waals surface area contributed by atoms with Gasteiger partial charge in [0.25, 0.3) is 0 Å². The van der Waals surface area contributed by atoms with Gasteiger partial charge in [-0.05, 0) is 60.2 Å². The quantitative estimate of drug-likeness (QED) is 0.125. The van der Waals surface area contributed by atoms with Gasteiger partial charge in [0, 0.05) is 23.6 Å². The lowest BCUT2D eigenvalue weighted by Gasteiger charge is -2.19. The number of hydrogen-bond acceptors (Lipinski definition) is 7. The number of fused-ring (bicyclic) bond motifs is 3. The van der Waals surface area contributed by atoms with Crippen molar-refractivity contribution in [2.45, 2.75) is 70.4 Å². The van der Waals surface area contributed by atoms with Crippen LogP contribution >= 0.6 is 0 Å². The Morgan fingerprint density at radius 1 is 0.814 bits per heavy atom. The molecular weight excluding hydrogens is 544 g/mol. The van der Waals surface area contributed by atoms with E-state index in [0.717, 1.165) is 54.4 Å². The van der Waals surface area contributed by atoms with E-state index in [-0.39, 0.29) is 31.0 Å². The summed E-state index contributed by atoms with van der Waals surface area (Å²) in [5.41, 5.74) is 17.4. The number of benzene rings is 3. The number of rotatable bonds is 15. The molecule has 1 aliphatic rings. The maximum atomic E-state index is 13.1. The third-order valence-electron chi connectivity index (χ3n) is 7.68. The third kappa shape index (κ3) is 8.43. The summed E-state index contributed by atoms with van der Waals surface area (Å²) >= 11 is 0. The highest BCUT2D eigenvalue weighted by molar-refractivity contribution is 5.97. The van der Waals surface area contributed by atoms with E-state index in [1.54, 1.807) is 18.2 Å². The number of carbonyl (C=O) groups excluding carboxylic acids is 3. The van der Waals surface area contributed by atoms with Crippen LogP contribution in [-0.4, -0.2) is 37.2 Å². The number of hydrogen-bond donors (Lipinski definition) is 4. The number of amides is 2. The first-order valence-electron chi connectivity index (χ1n) is 15.1. The molecule has 9 heteroatoms. The smallest absolute Gasteiger partial charge is 0.411 e. The van der Waals surface area contributed by atoms with E-state index in [4.69, 9.17) is 20.9 Å². The molecule has 9 nitrogen and oxygen atoms in total. The Morgan fingerprint density at radius 3 is 2.12 bits per heavy atom. The lowest BCUT2D eigenvalue weighted by Crippen LogP contribution is -2.36. The molecule has 0 aromatic heterocycles. The van der Waals surface area contributed by atoms with Gasteiger partial charge in [-0.3, -0.25) is 14.9 Å². The summed E-state index contributed by atoms with van der Waals surface area (Å²) in [5, 5.41) is 5.64. The van der Waals surface area contributed by atoms with Crippen molar-refractivity contribution in [2.24, 2.45) is 11.5 Å². The fourth-order valence-electron chi connectivity index (χ4n) is 5.33. The molecule has 0 bridgehead atoms. The monoisotopic (exact) mass is 586 g/mol. The highest BCUT2D eigenvalue weighted by Crippen LogP contribution is 2.44. The maximum absolute atomic E-state index is 13.1. The molecule has 6 N–H and O–H groups in total. The molecule has 0 radical (unpaired) electrons. The molecule has 3 aromatic rings. The Labute approximate surface area is 253 Å². The summed E-state index contributed by atoms with van der Waals surface area (Å²) in [6, 6.07) is 20.6. The normalized spacial score (nSPS) is 12.6. The van der Waals surface area contributed by atoms with E-state index in [1.807, 2.05) is 24.3 Å². The molecule has 2 amide bonds. The summed E-state index contributed by atoms with van der Waals surface area (Å²) in [7, 11) is 0. The van der Waals surface area contributed by atoms with Gasteiger partial charge in [-0.2, -0.15) is 0 Å². The van der Waals surface area contributed by atoms with Crippen LogP contribution in [0.1, 0.15) is 74.5 Å². The number of anilines is 2. The van der Waals surface area contributed by atoms with Gasteiger partial charge < -0.3 is 26.3 Å². The predicted octanol–water partition coefficient (Wildman–Crippen LogP) is 6.07.